The first-order chi connectivity index (χ1) is 12.1. The van der Waals surface area contributed by atoms with Gasteiger partial charge in [-0.15, -0.1) is 24.0 Å². The van der Waals surface area contributed by atoms with Crippen LogP contribution in [0.3, 0.4) is 0 Å². The Morgan fingerprint density at radius 3 is 2.77 bits per heavy atom. The third-order valence-electron chi connectivity index (χ3n) is 4.94. The van der Waals surface area contributed by atoms with Crippen LogP contribution in [-0.2, 0) is 11.3 Å². The highest BCUT2D eigenvalue weighted by atomic mass is 127. The van der Waals surface area contributed by atoms with Crippen LogP contribution in [-0.4, -0.2) is 68.7 Å². The summed E-state index contributed by atoms with van der Waals surface area (Å²) in [6.07, 6.45) is 1.18. The highest BCUT2D eigenvalue weighted by Gasteiger charge is 2.25. The zero-order chi connectivity index (χ0) is 18.1. The lowest BCUT2D eigenvalue weighted by Gasteiger charge is -2.28. The summed E-state index contributed by atoms with van der Waals surface area (Å²) in [4.78, 5) is 9.20. The summed E-state index contributed by atoms with van der Waals surface area (Å²) in [5.74, 6) is 1.63. The van der Waals surface area contributed by atoms with E-state index in [0.717, 1.165) is 45.4 Å². The summed E-state index contributed by atoms with van der Waals surface area (Å²) in [5, 5.41) is 3.55. The second-order valence-electron chi connectivity index (χ2n) is 6.94. The normalized spacial score (nSPS) is 18.7. The Kier molecular flexibility index (Phi) is 11.2. The average Bonchev–Trinajstić information content (AvgIpc) is 3.10. The molecule has 2 unspecified atom stereocenters. The van der Waals surface area contributed by atoms with Crippen molar-refractivity contribution in [2.75, 3.05) is 46.9 Å². The second-order valence-corrected chi connectivity index (χ2v) is 6.94. The van der Waals surface area contributed by atoms with E-state index in [2.05, 4.69) is 71.3 Å². The van der Waals surface area contributed by atoms with Crippen molar-refractivity contribution in [2.45, 2.75) is 32.9 Å². The maximum absolute atomic E-state index is 5.57. The molecule has 5 nitrogen and oxygen atoms in total. The van der Waals surface area contributed by atoms with Gasteiger partial charge >= 0.3 is 0 Å². The number of ether oxygens (including phenoxy) is 1. The molecule has 1 aromatic rings. The lowest BCUT2D eigenvalue weighted by Crippen LogP contribution is -2.46. The molecule has 2 rings (SSSR count). The van der Waals surface area contributed by atoms with Crippen LogP contribution in [0.25, 0.3) is 0 Å². The first-order valence-corrected chi connectivity index (χ1v) is 9.41. The summed E-state index contributed by atoms with van der Waals surface area (Å²) < 4.78 is 5.57. The second kappa shape index (κ2) is 12.5. The van der Waals surface area contributed by atoms with E-state index in [9.17, 15) is 0 Å². The van der Waals surface area contributed by atoms with E-state index in [1.54, 1.807) is 0 Å². The Bertz CT molecular complexity index is 526. The number of hydrogen-bond acceptors (Lipinski definition) is 3. The molecular formula is C20H35IN4O. The van der Waals surface area contributed by atoms with Gasteiger partial charge in [0.15, 0.2) is 5.96 Å². The zero-order valence-corrected chi connectivity index (χ0v) is 19.0. The lowest BCUT2D eigenvalue weighted by molar-refractivity contribution is 0.114. The van der Waals surface area contributed by atoms with Crippen LogP contribution in [0.4, 0.5) is 0 Å². The van der Waals surface area contributed by atoms with E-state index in [1.165, 1.54) is 12.0 Å². The summed E-state index contributed by atoms with van der Waals surface area (Å²) in [7, 11) is 4.05. The van der Waals surface area contributed by atoms with Crippen LogP contribution in [0, 0.1) is 5.92 Å². The molecule has 6 heteroatoms. The van der Waals surface area contributed by atoms with Gasteiger partial charge in [-0.25, -0.2) is 0 Å². The van der Waals surface area contributed by atoms with Gasteiger partial charge in [-0.1, -0.05) is 30.3 Å². The van der Waals surface area contributed by atoms with Gasteiger partial charge in [0.05, 0.1) is 6.61 Å². The number of guanidine groups is 1. The number of likely N-dealkylation sites (tertiary alicyclic amines) is 1. The highest BCUT2D eigenvalue weighted by Crippen LogP contribution is 2.16. The van der Waals surface area contributed by atoms with Crippen molar-refractivity contribution >= 4 is 29.9 Å². The van der Waals surface area contributed by atoms with E-state index in [-0.39, 0.29) is 24.0 Å². The topological polar surface area (TPSA) is 40.1 Å². The van der Waals surface area contributed by atoms with Gasteiger partial charge in [0, 0.05) is 51.8 Å². The largest absolute Gasteiger partial charge is 0.381 e. The maximum Gasteiger partial charge on any atom is 0.193 e. The van der Waals surface area contributed by atoms with Gasteiger partial charge in [-0.2, -0.15) is 0 Å². The molecule has 1 aromatic carbocycles. The number of aliphatic imine (C=N–C) groups is 1. The summed E-state index contributed by atoms with van der Waals surface area (Å²) >= 11 is 0. The summed E-state index contributed by atoms with van der Waals surface area (Å²) in [6.45, 7) is 9.92. The molecule has 1 N–H and O–H groups in total. The molecule has 1 fully saturated rings. The van der Waals surface area contributed by atoms with Crippen LogP contribution in [0.1, 0.15) is 25.8 Å². The molecule has 1 saturated heterocycles. The fourth-order valence-electron chi connectivity index (χ4n) is 3.20. The van der Waals surface area contributed by atoms with E-state index >= 15 is 0 Å². The van der Waals surface area contributed by atoms with Crippen LogP contribution in [0.5, 0.6) is 0 Å². The molecule has 0 amide bonds. The molecule has 0 aliphatic carbocycles. The van der Waals surface area contributed by atoms with E-state index < -0.39 is 0 Å². The zero-order valence-electron chi connectivity index (χ0n) is 16.6. The fourth-order valence-corrected chi connectivity index (χ4v) is 3.20. The number of likely N-dealkylation sites (N-methyl/N-ethyl adjacent to an activating group) is 1. The van der Waals surface area contributed by atoms with Crippen LogP contribution < -0.4 is 5.32 Å². The predicted octanol–water partition coefficient (Wildman–Crippen LogP) is 3.06. The molecule has 1 aliphatic rings. The average molecular weight is 474 g/mol. The molecule has 0 bridgehead atoms. The van der Waals surface area contributed by atoms with Gasteiger partial charge < -0.3 is 15.0 Å². The van der Waals surface area contributed by atoms with Crippen LogP contribution in [0.2, 0.25) is 0 Å². The van der Waals surface area contributed by atoms with Crippen molar-refractivity contribution in [2.24, 2.45) is 10.9 Å². The first-order valence-electron chi connectivity index (χ1n) is 9.41. The molecule has 0 spiro atoms. The van der Waals surface area contributed by atoms with Gasteiger partial charge in [-0.05, 0) is 32.9 Å². The minimum Gasteiger partial charge on any atom is -0.381 e. The van der Waals surface area contributed by atoms with E-state index in [4.69, 9.17) is 4.74 Å². The van der Waals surface area contributed by atoms with Crippen LogP contribution in [0.15, 0.2) is 35.3 Å². The van der Waals surface area contributed by atoms with Crippen molar-refractivity contribution in [1.29, 1.82) is 0 Å². The van der Waals surface area contributed by atoms with Gasteiger partial charge in [-0.3, -0.25) is 9.89 Å². The molecular weight excluding hydrogens is 439 g/mol. The Morgan fingerprint density at radius 1 is 1.38 bits per heavy atom. The molecule has 26 heavy (non-hydrogen) atoms. The SMILES string of the molecule is CCOCC1CCN(C(=NC)NCC(C)N(C)Cc2ccccc2)C1.I. The maximum atomic E-state index is 5.57. The number of hydrogen-bond donors (Lipinski definition) is 1. The lowest BCUT2D eigenvalue weighted by atomic mass is 10.1. The number of benzene rings is 1. The number of nitrogens with one attached hydrogen (secondary N) is 1. The quantitative estimate of drug-likeness (QED) is 0.357. The molecule has 0 radical (unpaired) electrons. The Balaban J connectivity index is 0.00000338. The smallest absolute Gasteiger partial charge is 0.193 e. The third kappa shape index (κ3) is 7.40. The van der Waals surface area contributed by atoms with Crippen molar-refractivity contribution in [3.05, 3.63) is 35.9 Å². The Labute approximate surface area is 176 Å². The third-order valence-corrected chi connectivity index (χ3v) is 4.94. The Hall–Kier alpha value is -0.860. The standard InChI is InChI=1S/C20H34N4O.HI/c1-5-25-16-19-11-12-24(15-19)20(21-3)22-13-17(2)23(4)14-18-9-7-6-8-10-18;/h6-10,17,19H,5,11-16H2,1-4H3,(H,21,22);1H. The summed E-state index contributed by atoms with van der Waals surface area (Å²) in [5.41, 5.74) is 1.35. The summed E-state index contributed by atoms with van der Waals surface area (Å²) in [6, 6.07) is 11.0. The van der Waals surface area contributed by atoms with Crippen molar-refractivity contribution in [3.8, 4) is 0 Å². The fraction of sp³-hybridized carbons (Fsp3) is 0.650. The molecule has 2 atom stereocenters. The van der Waals surface area contributed by atoms with Crippen LogP contribution >= 0.6 is 24.0 Å². The first kappa shape index (κ1) is 23.2. The number of nitrogens with zero attached hydrogens (tertiary/aromatic N) is 3. The predicted molar refractivity (Wildman–Crippen MR) is 120 cm³/mol. The van der Waals surface area contributed by atoms with E-state index in [0.29, 0.717) is 12.0 Å². The van der Waals surface area contributed by atoms with Crippen molar-refractivity contribution < 1.29 is 4.74 Å². The van der Waals surface area contributed by atoms with E-state index in [1.807, 2.05) is 7.05 Å². The highest BCUT2D eigenvalue weighted by molar-refractivity contribution is 14.0. The van der Waals surface area contributed by atoms with Crippen molar-refractivity contribution in [3.63, 3.8) is 0 Å². The molecule has 0 saturated carbocycles. The minimum absolute atomic E-state index is 0. The van der Waals surface area contributed by atoms with Gasteiger partial charge in [0.2, 0.25) is 0 Å². The molecule has 1 heterocycles. The van der Waals surface area contributed by atoms with Gasteiger partial charge in [0.25, 0.3) is 0 Å². The number of halogens is 1. The molecule has 148 valence electrons. The van der Waals surface area contributed by atoms with Gasteiger partial charge in [0.1, 0.15) is 0 Å². The monoisotopic (exact) mass is 474 g/mol. The molecule has 1 aliphatic heterocycles. The Morgan fingerprint density at radius 2 is 2.12 bits per heavy atom. The molecule has 0 aromatic heterocycles. The van der Waals surface area contributed by atoms with Crippen molar-refractivity contribution in [1.82, 2.24) is 15.1 Å². The number of rotatable bonds is 8. The minimum atomic E-state index is 0.